The van der Waals surface area contributed by atoms with Crippen LogP contribution in [0.15, 0.2) is 42.5 Å². The molecule has 0 aliphatic carbocycles. The van der Waals surface area contributed by atoms with Crippen molar-refractivity contribution >= 4 is 0 Å². The molecule has 1 heteroatoms. The van der Waals surface area contributed by atoms with E-state index in [0.717, 1.165) is 0 Å². The van der Waals surface area contributed by atoms with Gasteiger partial charge in [0.2, 0.25) is 0 Å². The van der Waals surface area contributed by atoms with E-state index in [1.54, 1.807) is 0 Å². The van der Waals surface area contributed by atoms with Gasteiger partial charge in [-0.25, -0.2) is 0 Å². The average Bonchev–Trinajstić information content (AvgIpc) is 2.32. The summed E-state index contributed by atoms with van der Waals surface area (Å²) in [4.78, 5) is 0. The van der Waals surface area contributed by atoms with Crippen molar-refractivity contribution in [3.05, 3.63) is 70.3 Å². The van der Waals surface area contributed by atoms with E-state index in [1.165, 1.54) is 27.8 Å². The first-order valence-electron chi connectivity index (χ1n) is 5.97. The minimum atomic E-state index is -0.0319. The summed E-state index contributed by atoms with van der Waals surface area (Å²) in [6.45, 7) is 6.31. The highest BCUT2D eigenvalue weighted by Crippen LogP contribution is 2.23. The van der Waals surface area contributed by atoms with Crippen LogP contribution in [0.25, 0.3) is 0 Å². The molecule has 0 heterocycles. The Bertz CT molecular complexity index is 512. The van der Waals surface area contributed by atoms with Gasteiger partial charge in [-0.2, -0.15) is 0 Å². The van der Waals surface area contributed by atoms with E-state index >= 15 is 0 Å². The number of hydrogen-bond acceptors (Lipinski definition) is 1. The molecule has 2 aromatic rings. The van der Waals surface area contributed by atoms with Crippen LogP contribution in [0.3, 0.4) is 0 Å². The van der Waals surface area contributed by atoms with Crippen LogP contribution >= 0.6 is 0 Å². The van der Waals surface area contributed by atoms with Gasteiger partial charge in [-0.3, -0.25) is 0 Å². The van der Waals surface area contributed by atoms with Crippen molar-refractivity contribution in [2.24, 2.45) is 5.73 Å². The fraction of sp³-hybridized carbons (Fsp3) is 0.250. The van der Waals surface area contributed by atoms with Gasteiger partial charge in [-0.1, -0.05) is 53.6 Å². The van der Waals surface area contributed by atoms with Gasteiger partial charge < -0.3 is 5.73 Å². The minimum absolute atomic E-state index is 0.0319. The quantitative estimate of drug-likeness (QED) is 0.829. The van der Waals surface area contributed by atoms with Crippen LogP contribution in [0.2, 0.25) is 0 Å². The Morgan fingerprint density at radius 1 is 0.824 bits per heavy atom. The maximum Gasteiger partial charge on any atom is 0.0554 e. The zero-order valence-electron chi connectivity index (χ0n) is 10.7. The van der Waals surface area contributed by atoms with E-state index in [4.69, 9.17) is 5.73 Å². The molecule has 17 heavy (non-hydrogen) atoms. The Hall–Kier alpha value is -1.60. The lowest BCUT2D eigenvalue weighted by Gasteiger charge is -2.16. The Morgan fingerprint density at radius 2 is 1.41 bits per heavy atom. The molecule has 0 saturated carbocycles. The van der Waals surface area contributed by atoms with Gasteiger partial charge in [-0.05, 0) is 37.5 Å². The van der Waals surface area contributed by atoms with E-state index in [2.05, 4.69) is 63.2 Å². The van der Waals surface area contributed by atoms with Crippen LogP contribution in [0.4, 0.5) is 0 Å². The van der Waals surface area contributed by atoms with E-state index in [9.17, 15) is 0 Å². The largest absolute Gasteiger partial charge is 0.320 e. The molecular weight excluding hydrogens is 206 g/mol. The lowest BCUT2D eigenvalue weighted by atomic mass is 9.94. The second-order valence-corrected chi connectivity index (χ2v) is 4.75. The fourth-order valence-corrected chi connectivity index (χ4v) is 2.05. The monoisotopic (exact) mass is 225 g/mol. The Balaban J connectivity index is 2.39. The molecule has 0 aliphatic rings. The minimum Gasteiger partial charge on any atom is -0.320 e. The van der Waals surface area contributed by atoms with Crippen LogP contribution in [0, 0.1) is 20.8 Å². The highest BCUT2D eigenvalue weighted by Gasteiger charge is 2.11. The van der Waals surface area contributed by atoms with E-state index in [-0.39, 0.29) is 6.04 Å². The molecule has 2 rings (SSSR count). The molecule has 2 N–H and O–H groups in total. The Labute approximate surface area is 103 Å². The highest BCUT2D eigenvalue weighted by atomic mass is 14.6. The maximum atomic E-state index is 6.34. The van der Waals surface area contributed by atoms with Crippen molar-refractivity contribution in [3.8, 4) is 0 Å². The molecule has 88 valence electrons. The number of rotatable bonds is 2. The molecule has 1 unspecified atom stereocenters. The van der Waals surface area contributed by atoms with Crippen molar-refractivity contribution in [1.82, 2.24) is 0 Å². The first-order chi connectivity index (χ1) is 8.08. The molecule has 0 aliphatic heterocycles. The predicted octanol–water partition coefficient (Wildman–Crippen LogP) is 3.66. The summed E-state index contributed by atoms with van der Waals surface area (Å²) in [6, 6.07) is 14.9. The standard InChI is InChI=1S/C16H19N/c1-11-5-8-14(9-6-11)16(17)15-10-12(2)4-7-13(15)3/h4-10,16H,17H2,1-3H3. The number of benzene rings is 2. The van der Waals surface area contributed by atoms with Gasteiger partial charge in [-0.15, -0.1) is 0 Å². The van der Waals surface area contributed by atoms with Crippen molar-refractivity contribution in [1.29, 1.82) is 0 Å². The average molecular weight is 225 g/mol. The topological polar surface area (TPSA) is 26.0 Å². The number of nitrogens with two attached hydrogens (primary N) is 1. The molecule has 0 spiro atoms. The third-order valence-electron chi connectivity index (χ3n) is 3.21. The van der Waals surface area contributed by atoms with Crippen LogP contribution < -0.4 is 5.73 Å². The summed E-state index contributed by atoms with van der Waals surface area (Å²) in [5.74, 6) is 0. The Morgan fingerprint density at radius 3 is 2.06 bits per heavy atom. The SMILES string of the molecule is Cc1ccc(C(N)c2cc(C)ccc2C)cc1. The van der Waals surface area contributed by atoms with Crippen molar-refractivity contribution < 1.29 is 0 Å². The smallest absolute Gasteiger partial charge is 0.0554 e. The summed E-state index contributed by atoms with van der Waals surface area (Å²) in [6.07, 6.45) is 0. The second-order valence-electron chi connectivity index (χ2n) is 4.75. The molecule has 1 nitrogen and oxygen atoms in total. The van der Waals surface area contributed by atoms with Gasteiger partial charge in [0.05, 0.1) is 6.04 Å². The van der Waals surface area contributed by atoms with Crippen molar-refractivity contribution in [2.45, 2.75) is 26.8 Å². The normalized spacial score (nSPS) is 12.5. The van der Waals surface area contributed by atoms with Crippen LogP contribution in [-0.4, -0.2) is 0 Å². The van der Waals surface area contributed by atoms with Gasteiger partial charge in [0.15, 0.2) is 0 Å². The second kappa shape index (κ2) is 4.72. The van der Waals surface area contributed by atoms with Crippen LogP contribution in [0.1, 0.15) is 33.9 Å². The molecule has 0 bridgehead atoms. The molecule has 0 amide bonds. The summed E-state index contributed by atoms with van der Waals surface area (Å²) in [7, 11) is 0. The lowest BCUT2D eigenvalue weighted by Crippen LogP contribution is -2.13. The van der Waals surface area contributed by atoms with Gasteiger partial charge in [0.1, 0.15) is 0 Å². The van der Waals surface area contributed by atoms with Gasteiger partial charge >= 0.3 is 0 Å². The third-order valence-corrected chi connectivity index (χ3v) is 3.21. The molecule has 0 radical (unpaired) electrons. The first kappa shape index (κ1) is 11.9. The van der Waals surface area contributed by atoms with Crippen LogP contribution in [0.5, 0.6) is 0 Å². The first-order valence-corrected chi connectivity index (χ1v) is 5.97. The Kier molecular flexibility index (Phi) is 3.30. The van der Waals surface area contributed by atoms with E-state index in [0.29, 0.717) is 0 Å². The third kappa shape index (κ3) is 2.56. The molecule has 0 saturated heterocycles. The molecule has 0 fully saturated rings. The summed E-state index contributed by atoms with van der Waals surface area (Å²) in [5, 5.41) is 0. The maximum absolute atomic E-state index is 6.34. The molecule has 2 aromatic carbocycles. The summed E-state index contributed by atoms with van der Waals surface area (Å²) < 4.78 is 0. The van der Waals surface area contributed by atoms with Crippen molar-refractivity contribution in [3.63, 3.8) is 0 Å². The predicted molar refractivity (Wildman–Crippen MR) is 73.1 cm³/mol. The highest BCUT2D eigenvalue weighted by molar-refractivity contribution is 5.39. The number of aryl methyl sites for hydroxylation is 3. The molecule has 0 aromatic heterocycles. The molecule has 1 atom stereocenters. The van der Waals surface area contributed by atoms with E-state index in [1.807, 2.05) is 0 Å². The van der Waals surface area contributed by atoms with Crippen molar-refractivity contribution in [2.75, 3.05) is 0 Å². The van der Waals surface area contributed by atoms with E-state index < -0.39 is 0 Å². The zero-order valence-corrected chi connectivity index (χ0v) is 10.7. The fourth-order valence-electron chi connectivity index (χ4n) is 2.05. The summed E-state index contributed by atoms with van der Waals surface area (Å²) >= 11 is 0. The number of hydrogen-bond donors (Lipinski definition) is 1. The summed E-state index contributed by atoms with van der Waals surface area (Å²) in [5.41, 5.74) is 12.5. The zero-order chi connectivity index (χ0) is 12.4. The van der Waals surface area contributed by atoms with Crippen LogP contribution in [-0.2, 0) is 0 Å². The molecular formula is C16H19N. The van der Waals surface area contributed by atoms with Gasteiger partial charge in [0, 0.05) is 0 Å². The van der Waals surface area contributed by atoms with Gasteiger partial charge in [0.25, 0.3) is 0 Å². The lowest BCUT2D eigenvalue weighted by molar-refractivity contribution is 0.859.